The minimum atomic E-state index is 0.908. The van der Waals surface area contributed by atoms with E-state index in [-0.39, 0.29) is 0 Å². The van der Waals surface area contributed by atoms with Gasteiger partial charge in [0.05, 0.1) is 0 Å². The monoisotopic (exact) mass is 160 g/mol. The smallest absolute Gasteiger partial charge is 0.0139 e. The van der Waals surface area contributed by atoms with Crippen LogP contribution < -0.4 is 0 Å². The van der Waals surface area contributed by atoms with E-state index in [9.17, 15) is 0 Å². The summed E-state index contributed by atoms with van der Waals surface area (Å²) in [6.07, 6.45) is 15.4. The molecule has 0 aromatic carbocycles. The predicted molar refractivity (Wildman–Crippen MR) is 50.7 cm³/mol. The fourth-order valence-electron chi connectivity index (χ4n) is 3.47. The lowest BCUT2D eigenvalue weighted by molar-refractivity contribution is 0.317. The molecule has 0 spiro atoms. The Morgan fingerprint density at radius 1 is 1.08 bits per heavy atom. The first-order chi connectivity index (χ1) is 5.95. The molecule has 0 aromatic rings. The third-order valence-electron chi connectivity index (χ3n) is 4.02. The molecule has 0 saturated heterocycles. The normalized spacial score (nSPS) is 49.3. The molecule has 0 radical (unpaired) electrons. The minimum absolute atomic E-state index is 0.908. The fourth-order valence-corrected chi connectivity index (χ4v) is 3.47. The standard InChI is InChI=1S/C12H16/c1-2-7-12-10-5-3-4-9(8-10)11(12)6-1/h1,3-4,6,9-12H,2,5,7-8H2. The van der Waals surface area contributed by atoms with Crippen LogP contribution in [0, 0.1) is 23.7 Å². The van der Waals surface area contributed by atoms with Gasteiger partial charge in [-0.15, -0.1) is 0 Å². The molecule has 0 nitrogen and oxygen atoms in total. The maximum atomic E-state index is 2.49. The molecule has 0 N–H and O–H groups in total. The Bertz CT molecular complexity index is 236. The molecule has 1 fully saturated rings. The van der Waals surface area contributed by atoms with E-state index in [4.69, 9.17) is 0 Å². The van der Waals surface area contributed by atoms with Crippen LogP contribution in [0.2, 0.25) is 0 Å². The third kappa shape index (κ3) is 0.840. The van der Waals surface area contributed by atoms with Crippen molar-refractivity contribution in [2.45, 2.75) is 25.7 Å². The SMILES string of the molecule is C1=CC2C3C=CCC(C3)C2CC1. The summed E-state index contributed by atoms with van der Waals surface area (Å²) in [5, 5.41) is 0. The average molecular weight is 160 g/mol. The van der Waals surface area contributed by atoms with Gasteiger partial charge in [-0.1, -0.05) is 24.3 Å². The van der Waals surface area contributed by atoms with Crippen LogP contribution in [0.15, 0.2) is 24.3 Å². The Kier molecular flexibility index (Phi) is 1.44. The van der Waals surface area contributed by atoms with Crippen LogP contribution in [0.3, 0.4) is 0 Å². The van der Waals surface area contributed by atoms with Gasteiger partial charge in [-0.3, -0.25) is 0 Å². The zero-order valence-corrected chi connectivity index (χ0v) is 7.45. The molecule has 4 unspecified atom stereocenters. The highest BCUT2D eigenvalue weighted by atomic mass is 14.5. The summed E-state index contributed by atoms with van der Waals surface area (Å²) in [6.45, 7) is 0. The Labute approximate surface area is 74.4 Å². The van der Waals surface area contributed by atoms with Crippen molar-refractivity contribution in [3.05, 3.63) is 24.3 Å². The van der Waals surface area contributed by atoms with Gasteiger partial charge < -0.3 is 0 Å². The molecule has 1 saturated carbocycles. The van der Waals surface area contributed by atoms with Gasteiger partial charge in [0.15, 0.2) is 0 Å². The highest BCUT2D eigenvalue weighted by Crippen LogP contribution is 2.50. The van der Waals surface area contributed by atoms with Gasteiger partial charge in [-0.05, 0) is 49.4 Å². The fraction of sp³-hybridized carbons (Fsp3) is 0.667. The first-order valence-electron chi connectivity index (χ1n) is 5.28. The summed E-state index contributed by atoms with van der Waals surface area (Å²) < 4.78 is 0. The van der Waals surface area contributed by atoms with Crippen LogP contribution in [0.25, 0.3) is 0 Å². The third-order valence-corrected chi connectivity index (χ3v) is 4.02. The van der Waals surface area contributed by atoms with Crippen molar-refractivity contribution in [1.82, 2.24) is 0 Å². The topological polar surface area (TPSA) is 0 Å². The zero-order chi connectivity index (χ0) is 7.97. The minimum Gasteiger partial charge on any atom is -0.0882 e. The molecule has 4 atom stereocenters. The maximum absolute atomic E-state index is 2.49. The lowest BCUT2D eigenvalue weighted by Gasteiger charge is -2.24. The molecular weight excluding hydrogens is 144 g/mol. The lowest BCUT2D eigenvalue weighted by Crippen LogP contribution is -2.16. The Balaban J connectivity index is 1.96. The van der Waals surface area contributed by atoms with Crippen LogP contribution in [0.5, 0.6) is 0 Å². The van der Waals surface area contributed by atoms with E-state index in [1.807, 2.05) is 0 Å². The first-order valence-corrected chi connectivity index (χ1v) is 5.28. The molecule has 3 aliphatic rings. The zero-order valence-electron chi connectivity index (χ0n) is 7.45. The van der Waals surface area contributed by atoms with Gasteiger partial charge in [0.2, 0.25) is 0 Å². The van der Waals surface area contributed by atoms with Crippen LogP contribution in [-0.2, 0) is 0 Å². The first kappa shape index (κ1) is 6.94. The molecule has 64 valence electrons. The number of allylic oxidation sites excluding steroid dienone is 4. The van der Waals surface area contributed by atoms with Crippen molar-refractivity contribution in [3.8, 4) is 0 Å². The van der Waals surface area contributed by atoms with E-state index in [2.05, 4.69) is 24.3 Å². The summed E-state index contributed by atoms with van der Waals surface area (Å²) in [7, 11) is 0. The van der Waals surface area contributed by atoms with E-state index in [1.165, 1.54) is 25.7 Å². The van der Waals surface area contributed by atoms with Crippen LogP contribution >= 0.6 is 0 Å². The summed E-state index contributed by atoms with van der Waals surface area (Å²) in [6, 6.07) is 0. The number of hydrogen-bond donors (Lipinski definition) is 0. The molecule has 0 heteroatoms. The molecule has 2 bridgehead atoms. The van der Waals surface area contributed by atoms with Gasteiger partial charge in [-0.2, -0.15) is 0 Å². The van der Waals surface area contributed by atoms with Crippen LogP contribution in [0.4, 0.5) is 0 Å². The molecule has 12 heavy (non-hydrogen) atoms. The summed E-state index contributed by atoms with van der Waals surface area (Å²) in [4.78, 5) is 0. The van der Waals surface area contributed by atoms with Gasteiger partial charge in [-0.25, -0.2) is 0 Å². The Hall–Kier alpha value is -0.520. The second-order valence-electron chi connectivity index (χ2n) is 4.57. The highest BCUT2D eigenvalue weighted by Gasteiger charge is 2.42. The second kappa shape index (κ2) is 2.48. The van der Waals surface area contributed by atoms with Crippen LogP contribution in [0.1, 0.15) is 25.7 Å². The largest absolute Gasteiger partial charge is 0.0882 e. The van der Waals surface area contributed by atoms with E-state index < -0.39 is 0 Å². The van der Waals surface area contributed by atoms with Crippen molar-refractivity contribution >= 4 is 0 Å². The van der Waals surface area contributed by atoms with Crippen LogP contribution in [-0.4, -0.2) is 0 Å². The van der Waals surface area contributed by atoms with Crippen molar-refractivity contribution < 1.29 is 0 Å². The molecule has 0 amide bonds. The quantitative estimate of drug-likeness (QED) is 0.477. The van der Waals surface area contributed by atoms with Crippen molar-refractivity contribution in [2.24, 2.45) is 23.7 Å². The average Bonchev–Trinajstić information content (AvgIpc) is 2.41. The van der Waals surface area contributed by atoms with Gasteiger partial charge in [0.1, 0.15) is 0 Å². The molecule has 0 aliphatic heterocycles. The van der Waals surface area contributed by atoms with Gasteiger partial charge >= 0.3 is 0 Å². The van der Waals surface area contributed by atoms with Gasteiger partial charge in [0, 0.05) is 0 Å². The number of fused-ring (bicyclic) bond motifs is 5. The van der Waals surface area contributed by atoms with E-state index in [0.717, 1.165) is 23.7 Å². The second-order valence-corrected chi connectivity index (χ2v) is 4.57. The molecular formula is C12H16. The van der Waals surface area contributed by atoms with Crippen molar-refractivity contribution in [1.29, 1.82) is 0 Å². The highest BCUT2D eigenvalue weighted by molar-refractivity contribution is 5.14. The molecule has 3 aliphatic carbocycles. The Morgan fingerprint density at radius 2 is 2.08 bits per heavy atom. The summed E-state index contributed by atoms with van der Waals surface area (Å²) in [5.74, 6) is 3.90. The number of hydrogen-bond acceptors (Lipinski definition) is 0. The van der Waals surface area contributed by atoms with E-state index in [1.54, 1.807) is 0 Å². The van der Waals surface area contributed by atoms with Crippen molar-refractivity contribution in [3.63, 3.8) is 0 Å². The maximum Gasteiger partial charge on any atom is -0.0139 e. The van der Waals surface area contributed by atoms with E-state index >= 15 is 0 Å². The summed E-state index contributed by atoms with van der Waals surface area (Å²) >= 11 is 0. The Morgan fingerprint density at radius 3 is 3.08 bits per heavy atom. The van der Waals surface area contributed by atoms with Crippen molar-refractivity contribution in [2.75, 3.05) is 0 Å². The van der Waals surface area contributed by atoms with Gasteiger partial charge in [0.25, 0.3) is 0 Å². The van der Waals surface area contributed by atoms with E-state index in [0.29, 0.717) is 0 Å². The summed E-state index contributed by atoms with van der Waals surface area (Å²) in [5.41, 5.74) is 0. The lowest BCUT2D eigenvalue weighted by atomic mass is 9.80. The molecule has 0 heterocycles. The predicted octanol–water partition coefficient (Wildman–Crippen LogP) is 3.16. The number of rotatable bonds is 0. The molecule has 3 rings (SSSR count). The molecule has 0 aromatic heterocycles.